The molecule has 1 aromatic carbocycles. The molecule has 2 aromatic rings. The number of carbonyl (C=O) groups excluding carboxylic acids is 1. The highest BCUT2D eigenvalue weighted by Gasteiger charge is 2.14. The summed E-state index contributed by atoms with van der Waals surface area (Å²) in [6, 6.07) is 3.62. The van der Waals surface area contributed by atoms with Gasteiger partial charge in [0.05, 0.1) is 27.8 Å². The predicted molar refractivity (Wildman–Crippen MR) is 98.9 cm³/mol. The highest BCUT2D eigenvalue weighted by Crippen LogP contribution is 2.38. The van der Waals surface area contributed by atoms with E-state index in [1.807, 2.05) is 12.1 Å². The molecular formula is C18H23N3O6. The number of rotatable bonds is 8. The third-order valence-electron chi connectivity index (χ3n) is 4.05. The van der Waals surface area contributed by atoms with Gasteiger partial charge in [-0.05, 0) is 31.0 Å². The normalized spacial score (nSPS) is 10.4. The molecule has 27 heavy (non-hydrogen) atoms. The summed E-state index contributed by atoms with van der Waals surface area (Å²) >= 11 is 0. The molecule has 3 N–H and O–H groups in total. The number of methoxy groups -OCH3 is 3. The Morgan fingerprint density at radius 1 is 1.04 bits per heavy atom. The minimum atomic E-state index is -0.593. The first-order valence-electron chi connectivity index (χ1n) is 8.27. The summed E-state index contributed by atoms with van der Waals surface area (Å²) in [5.74, 6) is 1.26. The first-order chi connectivity index (χ1) is 12.9. The maximum Gasteiger partial charge on any atom is 0.325 e. The van der Waals surface area contributed by atoms with Crippen molar-refractivity contribution in [3.8, 4) is 17.2 Å². The summed E-state index contributed by atoms with van der Waals surface area (Å²) in [6.45, 7) is 1.94. The van der Waals surface area contributed by atoms with Gasteiger partial charge in [0.1, 0.15) is 0 Å². The fraction of sp³-hybridized carbons (Fsp3) is 0.389. The Bertz CT molecular complexity index is 906. The molecule has 1 aromatic heterocycles. The molecule has 0 radical (unpaired) electrons. The number of hydrogen-bond donors (Lipinski definition) is 3. The number of H-pyrrole nitrogens is 2. The molecule has 0 bridgehead atoms. The van der Waals surface area contributed by atoms with Crippen molar-refractivity contribution in [3.63, 3.8) is 0 Å². The van der Waals surface area contributed by atoms with Gasteiger partial charge in [-0.25, -0.2) is 4.79 Å². The van der Waals surface area contributed by atoms with E-state index < -0.39 is 11.2 Å². The van der Waals surface area contributed by atoms with Gasteiger partial charge in [-0.3, -0.25) is 14.6 Å². The van der Waals surface area contributed by atoms with E-state index in [2.05, 4.69) is 15.3 Å². The van der Waals surface area contributed by atoms with Gasteiger partial charge in [0.2, 0.25) is 11.7 Å². The van der Waals surface area contributed by atoms with Gasteiger partial charge in [0, 0.05) is 17.8 Å². The van der Waals surface area contributed by atoms with Gasteiger partial charge in [0.25, 0.3) is 5.56 Å². The highest BCUT2D eigenvalue weighted by molar-refractivity contribution is 5.78. The van der Waals surface area contributed by atoms with Gasteiger partial charge >= 0.3 is 5.69 Å². The smallest absolute Gasteiger partial charge is 0.325 e. The average molecular weight is 377 g/mol. The molecule has 0 unspecified atom stereocenters. The van der Waals surface area contributed by atoms with Crippen molar-refractivity contribution >= 4 is 5.91 Å². The number of nitrogens with one attached hydrogen (secondary N) is 3. The number of benzene rings is 1. The fourth-order valence-electron chi connectivity index (χ4n) is 2.69. The first-order valence-corrected chi connectivity index (χ1v) is 8.27. The monoisotopic (exact) mass is 377 g/mol. The molecule has 0 aliphatic carbocycles. The van der Waals surface area contributed by atoms with Crippen LogP contribution in [0, 0.1) is 6.92 Å². The lowest BCUT2D eigenvalue weighted by molar-refractivity contribution is -0.120. The maximum atomic E-state index is 12.1. The molecule has 0 aliphatic heterocycles. The van der Waals surface area contributed by atoms with Crippen LogP contribution >= 0.6 is 0 Å². The fourth-order valence-corrected chi connectivity index (χ4v) is 2.69. The SMILES string of the molecule is COc1cc(CCNC(=O)Cc2c(C)[nH]c(=O)[nH]c2=O)cc(OC)c1OC. The highest BCUT2D eigenvalue weighted by atomic mass is 16.5. The van der Waals surface area contributed by atoms with Crippen molar-refractivity contribution in [2.45, 2.75) is 19.8 Å². The van der Waals surface area contributed by atoms with E-state index in [1.54, 1.807) is 6.92 Å². The lowest BCUT2D eigenvalue weighted by atomic mass is 10.1. The molecule has 146 valence electrons. The van der Waals surface area contributed by atoms with Crippen LogP contribution in [0.2, 0.25) is 0 Å². The van der Waals surface area contributed by atoms with Crippen molar-refractivity contribution in [2.75, 3.05) is 27.9 Å². The molecule has 0 atom stereocenters. The summed E-state index contributed by atoms with van der Waals surface area (Å²) in [5.41, 5.74) is 0.353. The molecule has 1 heterocycles. The van der Waals surface area contributed by atoms with Gasteiger partial charge < -0.3 is 24.5 Å². The molecule has 0 spiro atoms. The predicted octanol–water partition coefficient (Wildman–Crippen LogP) is 0.299. The van der Waals surface area contributed by atoms with Crippen LogP contribution in [-0.4, -0.2) is 43.7 Å². The van der Waals surface area contributed by atoms with E-state index in [4.69, 9.17) is 14.2 Å². The Morgan fingerprint density at radius 3 is 2.19 bits per heavy atom. The number of aromatic nitrogens is 2. The number of aromatic amines is 2. The Kier molecular flexibility index (Phi) is 6.64. The number of ether oxygens (including phenoxy) is 3. The van der Waals surface area contributed by atoms with Crippen molar-refractivity contribution in [3.05, 3.63) is 49.8 Å². The Morgan fingerprint density at radius 2 is 1.67 bits per heavy atom. The topological polar surface area (TPSA) is 123 Å². The number of amides is 1. The van der Waals surface area contributed by atoms with Gasteiger partial charge in [-0.15, -0.1) is 0 Å². The summed E-state index contributed by atoms with van der Waals surface area (Å²) in [4.78, 5) is 39.7. The summed E-state index contributed by atoms with van der Waals surface area (Å²) in [6.07, 6.45) is 0.413. The van der Waals surface area contributed by atoms with Crippen molar-refractivity contribution in [1.82, 2.24) is 15.3 Å². The molecule has 1 amide bonds. The molecule has 9 heteroatoms. The van der Waals surface area contributed by atoms with E-state index >= 15 is 0 Å². The first kappa shape index (κ1) is 20.1. The second-order valence-electron chi connectivity index (χ2n) is 5.82. The van der Waals surface area contributed by atoms with Crippen molar-refractivity contribution in [1.29, 1.82) is 0 Å². The Hall–Kier alpha value is -3.23. The van der Waals surface area contributed by atoms with E-state index in [0.29, 0.717) is 35.9 Å². The van der Waals surface area contributed by atoms with Gasteiger partial charge in [-0.2, -0.15) is 0 Å². The average Bonchev–Trinajstić information content (AvgIpc) is 2.63. The summed E-state index contributed by atoms with van der Waals surface area (Å²) in [7, 11) is 4.60. The zero-order valence-electron chi connectivity index (χ0n) is 15.7. The molecule has 2 rings (SSSR count). The molecular weight excluding hydrogens is 354 g/mol. The van der Waals surface area contributed by atoms with Crippen molar-refractivity contribution < 1.29 is 19.0 Å². The second kappa shape index (κ2) is 8.93. The van der Waals surface area contributed by atoms with E-state index in [0.717, 1.165) is 5.56 Å². The number of aryl methyl sites for hydroxylation is 1. The van der Waals surface area contributed by atoms with Gasteiger partial charge in [-0.1, -0.05) is 0 Å². The summed E-state index contributed by atoms with van der Waals surface area (Å²) in [5, 5.41) is 2.76. The largest absolute Gasteiger partial charge is 0.493 e. The van der Waals surface area contributed by atoms with Crippen LogP contribution in [0.25, 0.3) is 0 Å². The van der Waals surface area contributed by atoms with E-state index in [9.17, 15) is 14.4 Å². The van der Waals surface area contributed by atoms with Crippen LogP contribution in [-0.2, 0) is 17.6 Å². The Labute approximate surface area is 155 Å². The number of hydrogen-bond acceptors (Lipinski definition) is 6. The molecule has 0 saturated carbocycles. The van der Waals surface area contributed by atoms with Crippen LogP contribution in [0.15, 0.2) is 21.7 Å². The van der Waals surface area contributed by atoms with E-state index in [-0.39, 0.29) is 17.9 Å². The minimum absolute atomic E-state index is 0.118. The Balaban J connectivity index is 2.01. The van der Waals surface area contributed by atoms with Crippen LogP contribution in [0.4, 0.5) is 0 Å². The lowest BCUT2D eigenvalue weighted by Crippen LogP contribution is -2.33. The maximum absolute atomic E-state index is 12.1. The zero-order valence-corrected chi connectivity index (χ0v) is 15.7. The minimum Gasteiger partial charge on any atom is -0.493 e. The standard InChI is InChI=1S/C18H23N3O6/c1-10-12(17(23)21-18(24)20-10)9-15(22)19-6-5-11-7-13(25-2)16(27-4)14(8-11)26-3/h7-8H,5-6,9H2,1-4H3,(H,19,22)(H2,20,21,23,24). The summed E-state index contributed by atoms with van der Waals surface area (Å²) < 4.78 is 15.9. The molecule has 0 fully saturated rings. The van der Waals surface area contributed by atoms with E-state index in [1.165, 1.54) is 21.3 Å². The third kappa shape index (κ3) is 4.90. The van der Waals surface area contributed by atoms with Crippen LogP contribution in [0.3, 0.4) is 0 Å². The third-order valence-corrected chi connectivity index (χ3v) is 4.05. The second-order valence-corrected chi connectivity index (χ2v) is 5.82. The zero-order chi connectivity index (χ0) is 20.0. The molecule has 0 aliphatic rings. The van der Waals surface area contributed by atoms with Crippen LogP contribution in [0.1, 0.15) is 16.8 Å². The van der Waals surface area contributed by atoms with Crippen LogP contribution < -0.4 is 30.8 Å². The number of carbonyl (C=O) groups is 1. The quantitative estimate of drug-likeness (QED) is 0.608. The lowest BCUT2D eigenvalue weighted by Gasteiger charge is -2.14. The molecule has 9 nitrogen and oxygen atoms in total. The van der Waals surface area contributed by atoms with Gasteiger partial charge in [0.15, 0.2) is 11.5 Å². The molecule has 0 saturated heterocycles. The van der Waals surface area contributed by atoms with Crippen molar-refractivity contribution in [2.24, 2.45) is 0 Å². The van der Waals surface area contributed by atoms with Crippen LogP contribution in [0.5, 0.6) is 17.2 Å².